The second kappa shape index (κ2) is 3.53. The molecule has 0 aromatic heterocycles. The van der Waals surface area contributed by atoms with Crippen molar-refractivity contribution in [3.63, 3.8) is 0 Å². The summed E-state index contributed by atoms with van der Waals surface area (Å²) < 4.78 is 0. The highest BCUT2D eigenvalue weighted by molar-refractivity contribution is 5.37. The van der Waals surface area contributed by atoms with Crippen LogP contribution >= 0.6 is 0 Å². The zero-order valence-electron chi connectivity index (χ0n) is 5.92. The molecule has 0 aliphatic carbocycles. The predicted octanol–water partition coefficient (Wildman–Crippen LogP) is 1.50. The largest absolute Gasteiger partial charge is 0.510 e. The molecule has 3 nitrogen and oxygen atoms in total. The van der Waals surface area contributed by atoms with E-state index in [9.17, 15) is 0 Å². The van der Waals surface area contributed by atoms with Crippen LogP contribution in [0.4, 0.5) is 0 Å². The molecule has 0 rings (SSSR count). The molecule has 0 spiro atoms. The van der Waals surface area contributed by atoms with E-state index in [0.717, 1.165) is 0 Å². The Morgan fingerprint density at radius 1 is 1.30 bits per heavy atom. The van der Waals surface area contributed by atoms with Crippen molar-refractivity contribution in [3.8, 4) is 12.1 Å². The number of hydrogen-bond acceptors (Lipinski definition) is 3. The lowest BCUT2D eigenvalue weighted by Crippen LogP contribution is -1.95. The van der Waals surface area contributed by atoms with Crippen molar-refractivity contribution in [2.24, 2.45) is 5.92 Å². The molecule has 0 saturated carbocycles. The SMILES string of the molecule is CC(C)C(O)=C(C#N)C#N. The molecular formula is C7H8N2O. The Morgan fingerprint density at radius 3 is 1.80 bits per heavy atom. The number of hydrogen-bond donors (Lipinski definition) is 1. The van der Waals surface area contributed by atoms with Crippen LogP contribution in [0.25, 0.3) is 0 Å². The highest BCUT2D eigenvalue weighted by Crippen LogP contribution is 2.09. The van der Waals surface area contributed by atoms with E-state index >= 15 is 0 Å². The van der Waals surface area contributed by atoms with Gasteiger partial charge in [-0.3, -0.25) is 0 Å². The van der Waals surface area contributed by atoms with Gasteiger partial charge in [-0.15, -0.1) is 0 Å². The van der Waals surface area contributed by atoms with E-state index in [-0.39, 0.29) is 17.3 Å². The summed E-state index contributed by atoms with van der Waals surface area (Å²) in [7, 11) is 0. The molecule has 0 aromatic rings. The highest BCUT2D eigenvalue weighted by atomic mass is 16.3. The van der Waals surface area contributed by atoms with Crippen LogP contribution in [0.3, 0.4) is 0 Å². The fraction of sp³-hybridized carbons (Fsp3) is 0.429. The van der Waals surface area contributed by atoms with Crippen molar-refractivity contribution < 1.29 is 5.11 Å². The van der Waals surface area contributed by atoms with Crippen LogP contribution in [0.1, 0.15) is 13.8 Å². The minimum Gasteiger partial charge on any atom is -0.510 e. The van der Waals surface area contributed by atoms with E-state index in [4.69, 9.17) is 15.6 Å². The molecule has 0 atom stereocenters. The summed E-state index contributed by atoms with van der Waals surface area (Å²) in [5.74, 6) is -0.292. The smallest absolute Gasteiger partial charge is 0.167 e. The lowest BCUT2D eigenvalue weighted by Gasteiger charge is -2.00. The first-order chi connectivity index (χ1) is 4.63. The molecule has 0 bridgehead atoms. The summed E-state index contributed by atoms with van der Waals surface area (Å²) in [6.45, 7) is 3.42. The van der Waals surface area contributed by atoms with Gasteiger partial charge in [0.2, 0.25) is 0 Å². The van der Waals surface area contributed by atoms with Gasteiger partial charge < -0.3 is 5.11 Å². The standard InChI is InChI=1S/C7H8N2O/c1-5(2)7(10)6(3-8)4-9/h5,10H,1-2H3. The second-order valence-electron chi connectivity index (χ2n) is 2.14. The lowest BCUT2D eigenvalue weighted by molar-refractivity contribution is 0.349. The van der Waals surface area contributed by atoms with Crippen LogP contribution in [0, 0.1) is 28.6 Å². The van der Waals surface area contributed by atoms with E-state index in [0.29, 0.717) is 0 Å². The summed E-state index contributed by atoms with van der Waals surface area (Å²) in [4.78, 5) is 0. The van der Waals surface area contributed by atoms with E-state index < -0.39 is 0 Å². The van der Waals surface area contributed by atoms with Crippen LogP contribution in [0.15, 0.2) is 11.3 Å². The summed E-state index contributed by atoms with van der Waals surface area (Å²) in [5, 5.41) is 25.5. The van der Waals surface area contributed by atoms with Crippen LogP contribution in [-0.2, 0) is 0 Å². The molecule has 0 aliphatic rings. The van der Waals surface area contributed by atoms with Crippen molar-refractivity contribution in [2.45, 2.75) is 13.8 Å². The van der Waals surface area contributed by atoms with Crippen LogP contribution in [0.2, 0.25) is 0 Å². The maximum atomic E-state index is 9.02. The molecule has 0 saturated heterocycles. The average molecular weight is 136 g/mol. The van der Waals surface area contributed by atoms with E-state index in [1.165, 1.54) is 0 Å². The fourth-order valence-corrected chi connectivity index (χ4v) is 0.428. The van der Waals surface area contributed by atoms with Crippen molar-refractivity contribution in [1.82, 2.24) is 0 Å². The van der Waals surface area contributed by atoms with Gasteiger partial charge in [0.15, 0.2) is 5.57 Å². The van der Waals surface area contributed by atoms with E-state index in [1.54, 1.807) is 26.0 Å². The van der Waals surface area contributed by atoms with Gasteiger partial charge in [-0.05, 0) is 0 Å². The monoisotopic (exact) mass is 136 g/mol. The average Bonchev–Trinajstić information content (AvgIpc) is 1.90. The van der Waals surface area contributed by atoms with Crippen molar-refractivity contribution in [1.29, 1.82) is 10.5 Å². The molecule has 10 heavy (non-hydrogen) atoms. The van der Waals surface area contributed by atoms with Crippen molar-refractivity contribution >= 4 is 0 Å². The van der Waals surface area contributed by atoms with E-state index in [1.807, 2.05) is 0 Å². The Balaban J connectivity index is 4.70. The number of rotatable bonds is 1. The maximum absolute atomic E-state index is 9.02. The molecule has 0 heterocycles. The normalized spacial score (nSPS) is 8.10. The topological polar surface area (TPSA) is 67.8 Å². The van der Waals surface area contributed by atoms with Crippen LogP contribution < -0.4 is 0 Å². The number of nitriles is 2. The third-order valence-electron chi connectivity index (χ3n) is 1.03. The summed E-state index contributed by atoms with van der Waals surface area (Å²) >= 11 is 0. The maximum Gasteiger partial charge on any atom is 0.167 e. The molecule has 52 valence electrons. The van der Waals surface area contributed by atoms with Crippen molar-refractivity contribution in [3.05, 3.63) is 11.3 Å². The molecule has 0 unspecified atom stereocenters. The molecule has 0 aromatic carbocycles. The fourth-order valence-electron chi connectivity index (χ4n) is 0.428. The third-order valence-corrected chi connectivity index (χ3v) is 1.03. The van der Waals surface area contributed by atoms with Crippen LogP contribution in [0.5, 0.6) is 0 Å². The van der Waals surface area contributed by atoms with Gasteiger partial charge in [0.1, 0.15) is 17.9 Å². The molecule has 0 fully saturated rings. The van der Waals surface area contributed by atoms with Gasteiger partial charge in [0.25, 0.3) is 0 Å². The van der Waals surface area contributed by atoms with Crippen molar-refractivity contribution in [2.75, 3.05) is 0 Å². The predicted molar refractivity (Wildman–Crippen MR) is 35.7 cm³/mol. The first-order valence-electron chi connectivity index (χ1n) is 2.86. The molecule has 1 N–H and O–H groups in total. The Morgan fingerprint density at radius 2 is 1.70 bits per heavy atom. The minimum atomic E-state index is -0.199. The Labute approximate surface area is 59.8 Å². The van der Waals surface area contributed by atoms with Gasteiger partial charge in [-0.2, -0.15) is 10.5 Å². The highest BCUT2D eigenvalue weighted by Gasteiger charge is 2.06. The van der Waals surface area contributed by atoms with Gasteiger partial charge in [0.05, 0.1) is 0 Å². The molecule has 3 heteroatoms. The number of allylic oxidation sites excluding steroid dienone is 2. The zero-order chi connectivity index (χ0) is 8.15. The lowest BCUT2D eigenvalue weighted by atomic mass is 10.1. The molecule has 0 amide bonds. The number of aliphatic hydroxyl groups is 1. The first-order valence-corrected chi connectivity index (χ1v) is 2.86. The number of aliphatic hydroxyl groups excluding tert-OH is 1. The summed E-state index contributed by atoms with van der Waals surface area (Å²) in [6, 6.07) is 3.20. The quantitative estimate of drug-likeness (QED) is 0.438. The second-order valence-corrected chi connectivity index (χ2v) is 2.14. The van der Waals surface area contributed by atoms with Gasteiger partial charge in [-0.1, -0.05) is 13.8 Å². The Kier molecular flexibility index (Phi) is 3.01. The zero-order valence-corrected chi connectivity index (χ0v) is 5.92. The third kappa shape index (κ3) is 1.80. The Bertz CT molecular complexity index is 211. The van der Waals surface area contributed by atoms with E-state index in [2.05, 4.69) is 0 Å². The van der Waals surface area contributed by atoms with Crippen LogP contribution in [-0.4, -0.2) is 5.11 Å². The van der Waals surface area contributed by atoms with Gasteiger partial charge in [-0.25, -0.2) is 0 Å². The Hall–Kier alpha value is -1.48. The van der Waals surface area contributed by atoms with Gasteiger partial charge in [0, 0.05) is 5.92 Å². The molecular weight excluding hydrogens is 128 g/mol. The summed E-state index contributed by atoms with van der Waals surface area (Å²) in [5.41, 5.74) is -0.199. The summed E-state index contributed by atoms with van der Waals surface area (Å²) in [6.07, 6.45) is 0. The number of nitrogens with zero attached hydrogens (tertiary/aromatic N) is 2. The molecule has 0 radical (unpaired) electrons. The van der Waals surface area contributed by atoms with Gasteiger partial charge >= 0.3 is 0 Å². The molecule has 0 aliphatic heterocycles. The minimum absolute atomic E-state index is 0.134. The first kappa shape index (κ1) is 8.52.